The van der Waals surface area contributed by atoms with Crippen LogP contribution in [0.4, 0.5) is 5.82 Å². The van der Waals surface area contributed by atoms with Crippen molar-refractivity contribution in [3.63, 3.8) is 0 Å². The van der Waals surface area contributed by atoms with Crippen molar-refractivity contribution in [1.82, 2.24) is 19.5 Å². The Kier molecular flexibility index (Phi) is 4.74. The highest BCUT2D eigenvalue weighted by Crippen LogP contribution is 2.21. The minimum absolute atomic E-state index is 0.281. The number of carbonyl (C=O) groups excluding carboxylic acids is 1. The maximum Gasteiger partial charge on any atom is 0.266 e. The molecule has 0 saturated carbocycles. The van der Waals surface area contributed by atoms with Gasteiger partial charge in [-0.25, -0.2) is 15.0 Å². The number of nitrogens with one attached hydrogen (secondary N) is 1. The summed E-state index contributed by atoms with van der Waals surface area (Å²) in [5, 5.41) is 2.75. The molecular formula is C18H19N5O2. The molecule has 1 amide bonds. The fourth-order valence-corrected chi connectivity index (χ4v) is 2.26. The molecule has 1 aromatic carbocycles. The first-order valence-corrected chi connectivity index (χ1v) is 7.88. The molecule has 0 saturated heterocycles. The quantitative estimate of drug-likeness (QED) is 0.774. The number of imidazole rings is 1. The lowest BCUT2D eigenvalue weighted by Crippen LogP contribution is -2.30. The van der Waals surface area contributed by atoms with E-state index in [1.54, 1.807) is 36.3 Å². The van der Waals surface area contributed by atoms with E-state index < -0.39 is 6.10 Å². The molecule has 0 aliphatic rings. The molecule has 0 aliphatic heterocycles. The van der Waals surface area contributed by atoms with Crippen molar-refractivity contribution in [2.45, 2.75) is 26.9 Å². The largest absolute Gasteiger partial charge is 0.481 e. The Morgan fingerprint density at radius 3 is 2.84 bits per heavy atom. The molecule has 7 nitrogen and oxygen atoms in total. The number of benzene rings is 1. The lowest BCUT2D eigenvalue weighted by Gasteiger charge is -2.16. The summed E-state index contributed by atoms with van der Waals surface area (Å²) in [5.74, 6) is 1.44. The number of amides is 1. The van der Waals surface area contributed by atoms with Crippen LogP contribution in [0.5, 0.6) is 5.75 Å². The van der Waals surface area contributed by atoms with Crippen LogP contribution in [0.1, 0.15) is 18.1 Å². The van der Waals surface area contributed by atoms with Gasteiger partial charge in [0.15, 0.2) is 6.10 Å². The molecule has 25 heavy (non-hydrogen) atoms. The third-order valence-corrected chi connectivity index (χ3v) is 3.69. The zero-order valence-corrected chi connectivity index (χ0v) is 14.3. The lowest BCUT2D eigenvalue weighted by molar-refractivity contribution is -0.122. The number of hydrogen-bond donors (Lipinski definition) is 1. The van der Waals surface area contributed by atoms with Crippen LogP contribution in [-0.2, 0) is 4.79 Å². The van der Waals surface area contributed by atoms with Crippen LogP contribution in [0.3, 0.4) is 0 Å². The maximum absolute atomic E-state index is 12.4. The molecule has 0 fully saturated rings. The number of rotatable bonds is 5. The molecule has 1 N–H and O–H groups in total. The molecule has 2 aromatic heterocycles. The lowest BCUT2D eigenvalue weighted by atomic mass is 10.1. The van der Waals surface area contributed by atoms with Crippen LogP contribution >= 0.6 is 0 Å². The Hall–Kier alpha value is -3.22. The first-order chi connectivity index (χ1) is 12.0. The summed E-state index contributed by atoms with van der Waals surface area (Å²) in [4.78, 5) is 24.6. The molecule has 128 valence electrons. The number of anilines is 1. The van der Waals surface area contributed by atoms with E-state index in [4.69, 9.17) is 4.74 Å². The third kappa shape index (κ3) is 4.00. The van der Waals surface area contributed by atoms with E-state index in [0.29, 0.717) is 17.4 Å². The van der Waals surface area contributed by atoms with Crippen LogP contribution in [-0.4, -0.2) is 31.5 Å². The van der Waals surface area contributed by atoms with Crippen molar-refractivity contribution < 1.29 is 9.53 Å². The van der Waals surface area contributed by atoms with Crippen LogP contribution in [0.2, 0.25) is 0 Å². The molecule has 7 heteroatoms. The minimum Gasteiger partial charge on any atom is -0.481 e. The van der Waals surface area contributed by atoms with Crippen LogP contribution < -0.4 is 10.1 Å². The molecule has 2 heterocycles. The Morgan fingerprint density at radius 1 is 1.24 bits per heavy atom. The summed E-state index contributed by atoms with van der Waals surface area (Å²) in [5.41, 5.74) is 2.06. The average molecular weight is 337 g/mol. The van der Waals surface area contributed by atoms with Gasteiger partial charge in [0.2, 0.25) is 0 Å². The molecule has 3 aromatic rings. The number of hydrogen-bond acceptors (Lipinski definition) is 5. The van der Waals surface area contributed by atoms with E-state index >= 15 is 0 Å². The highest BCUT2D eigenvalue weighted by atomic mass is 16.5. The summed E-state index contributed by atoms with van der Waals surface area (Å²) < 4.78 is 7.52. The molecule has 0 bridgehead atoms. The molecule has 0 aliphatic carbocycles. The van der Waals surface area contributed by atoms with Gasteiger partial charge in [-0.2, -0.15) is 0 Å². The Balaban J connectivity index is 1.69. The summed E-state index contributed by atoms with van der Waals surface area (Å²) in [6.45, 7) is 5.63. The normalized spacial score (nSPS) is 11.8. The summed E-state index contributed by atoms with van der Waals surface area (Å²) >= 11 is 0. The number of aryl methyl sites for hydroxylation is 2. The molecular weight excluding hydrogens is 318 g/mol. The van der Waals surface area contributed by atoms with Crippen molar-refractivity contribution in [2.75, 3.05) is 5.32 Å². The van der Waals surface area contributed by atoms with Gasteiger partial charge in [0, 0.05) is 18.5 Å². The number of carbonyl (C=O) groups is 1. The summed E-state index contributed by atoms with van der Waals surface area (Å²) in [6.07, 6.45) is 5.77. The fraction of sp³-hybridized carbons (Fsp3) is 0.222. The van der Waals surface area contributed by atoms with Crippen molar-refractivity contribution in [3.05, 3.63) is 60.4 Å². The predicted molar refractivity (Wildman–Crippen MR) is 93.8 cm³/mol. The Labute approximate surface area is 145 Å². The molecule has 0 radical (unpaired) electrons. The van der Waals surface area contributed by atoms with Crippen molar-refractivity contribution in [2.24, 2.45) is 0 Å². The molecule has 3 rings (SSSR count). The highest BCUT2D eigenvalue weighted by Gasteiger charge is 2.17. The van der Waals surface area contributed by atoms with E-state index in [1.165, 1.54) is 6.33 Å². The van der Waals surface area contributed by atoms with Gasteiger partial charge in [-0.3, -0.25) is 9.36 Å². The van der Waals surface area contributed by atoms with Gasteiger partial charge in [-0.05, 0) is 38.0 Å². The van der Waals surface area contributed by atoms with Crippen molar-refractivity contribution >= 4 is 11.7 Å². The topological polar surface area (TPSA) is 81.9 Å². The molecule has 1 atom stereocenters. The van der Waals surface area contributed by atoms with E-state index in [2.05, 4.69) is 20.3 Å². The van der Waals surface area contributed by atoms with E-state index in [9.17, 15) is 4.79 Å². The van der Waals surface area contributed by atoms with Gasteiger partial charge in [0.25, 0.3) is 5.91 Å². The van der Waals surface area contributed by atoms with Crippen molar-refractivity contribution in [1.29, 1.82) is 0 Å². The molecule has 0 spiro atoms. The maximum atomic E-state index is 12.4. The predicted octanol–water partition coefficient (Wildman–Crippen LogP) is 2.69. The number of ether oxygens (including phenoxy) is 1. The second-order valence-corrected chi connectivity index (χ2v) is 5.75. The van der Waals surface area contributed by atoms with Gasteiger partial charge >= 0.3 is 0 Å². The SMILES string of the molecule is Cc1ccc(C)c(OC(C)C(=O)Nc2cc(-n3ccnc3)ncn2)c1. The van der Waals surface area contributed by atoms with Gasteiger partial charge in [0.05, 0.1) is 0 Å². The Morgan fingerprint density at radius 2 is 2.08 bits per heavy atom. The van der Waals surface area contributed by atoms with E-state index in [1.807, 2.05) is 32.0 Å². The van der Waals surface area contributed by atoms with Crippen LogP contribution in [0, 0.1) is 13.8 Å². The number of nitrogens with zero attached hydrogens (tertiary/aromatic N) is 4. The first-order valence-electron chi connectivity index (χ1n) is 7.88. The second kappa shape index (κ2) is 7.12. The summed E-state index contributed by atoms with van der Waals surface area (Å²) in [7, 11) is 0. The van der Waals surface area contributed by atoms with Crippen molar-refractivity contribution in [3.8, 4) is 11.6 Å². The second-order valence-electron chi connectivity index (χ2n) is 5.75. The van der Waals surface area contributed by atoms with E-state index in [-0.39, 0.29) is 5.91 Å². The standard InChI is InChI=1S/C18H19N5O2/c1-12-4-5-13(2)15(8-12)25-14(3)18(24)22-16-9-17(21-10-20-16)23-7-6-19-11-23/h4-11,14H,1-3H3,(H,20,21,22,24). The Bertz CT molecular complexity index is 877. The van der Waals surface area contributed by atoms with E-state index in [0.717, 1.165) is 11.1 Å². The van der Waals surface area contributed by atoms with Crippen LogP contribution in [0.25, 0.3) is 5.82 Å². The molecule has 1 unspecified atom stereocenters. The highest BCUT2D eigenvalue weighted by molar-refractivity contribution is 5.93. The van der Waals surface area contributed by atoms with Gasteiger partial charge in [-0.1, -0.05) is 12.1 Å². The van der Waals surface area contributed by atoms with Crippen LogP contribution in [0.15, 0.2) is 49.3 Å². The first kappa shape index (κ1) is 16.6. The van der Waals surface area contributed by atoms with Gasteiger partial charge in [-0.15, -0.1) is 0 Å². The van der Waals surface area contributed by atoms with Gasteiger partial charge in [0.1, 0.15) is 30.0 Å². The third-order valence-electron chi connectivity index (χ3n) is 3.69. The minimum atomic E-state index is -0.660. The smallest absolute Gasteiger partial charge is 0.266 e. The summed E-state index contributed by atoms with van der Waals surface area (Å²) in [6, 6.07) is 7.56. The average Bonchev–Trinajstić information content (AvgIpc) is 3.13. The monoisotopic (exact) mass is 337 g/mol. The zero-order valence-electron chi connectivity index (χ0n) is 14.3. The fourth-order valence-electron chi connectivity index (χ4n) is 2.26. The number of aromatic nitrogens is 4. The zero-order chi connectivity index (χ0) is 17.8. The van der Waals surface area contributed by atoms with Gasteiger partial charge < -0.3 is 10.1 Å².